The lowest BCUT2D eigenvalue weighted by Gasteiger charge is -2.55. The number of rotatable bonds is 5. The second kappa shape index (κ2) is 5.39. The van der Waals surface area contributed by atoms with E-state index in [1.165, 1.54) is 0 Å². The fourth-order valence-electron chi connectivity index (χ4n) is 2.88. The third kappa shape index (κ3) is 2.44. The number of ether oxygens (including phenoxy) is 1. The van der Waals surface area contributed by atoms with Gasteiger partial charge in [0.2, 0.25) is 0 Å². The maximum atomic E-state index is 10.0. The van der Waals surface area contributed by atoms with Crippen LogP contribution in [0.1, 0.15) is 25.8 Å². The Labute approximate surface area is 108 Å². The standard InChI is InChI=1S/C15H22O3/c1-15(2)13(17)12(8-9-16)14(15)18-10-11-6-4-3-5-7-11/h3-7,12-14,16-17H,8-10H2,1-2H3/t12-,13+,14+/m1/s1. The summed E-state index contributed by atoms with van der Waals surface area (Å²) >= 11 is 0. The van der Waals surface area contributed by atoms with E-state index in [4.69, 9.17) is 9.84 Å². The van der Waals surface area contributed by atoms with Crippen molar-refractivity contribution in [2.24, 2.45) is 11.3 Å². The molecule has 3 nitrogen and oxygen atoms in total. The monoisotopic (exact) mass is 250 g/mol. The molecule has 1 saturated carbocycles. The zero-order chi connectivity index (χ0) is 13.2. The largest absolute Gasteiger partial charge is 0.396 e. The molecule has 1 aliphatic carbocycles. The first-order valence-corrected chi connectivity index (χ1v) is 6.52. The van der Waals surface area contributed by atoms with Gasteiger partial charge in [-0.1, -0.05) is 44.2 Å². The second-order valence-corrected chi connectivity index (χ2v) is 5.66. The third-order valence-electron chi connectivity index (χ3n) is 4.02. The van der Waals surface area contributed by atoms with Gasteiger partial charge < -0.3 is 14.9 Å². The first-order valence-electron chi connectivity index (χ1n) is 6.52. The predicted molar refractivity (Wildman–Crippen MR) is 70.0 cm³/mol. The predicted octanol–water partition coefficient (Wildman–Crippen LogP) is 1.97. The molecule has 0 unspecified atom stereocenters. The van der Waals surface area contributed by atoms with Gasteiger partial charge in [-0.15, -0.1) is 0 Å². The Morgan fingerprint density at radius 1 is 1.22 bits per heavy atom. The molecule has 2 N–H and O–H groups in total. The number of hydrogen-bond donors (Lipinski definition) is 2. The van der Waals surface area contributed by atoms with Crippen LogP contribution in [-0.2, 0) is 11.3 Å². The normalized spacial score (nSPS) is 29.9. The summed E-state index contributed by atoms with van der Waals surface area (Å²) in [4.78, 5) is 0. The van der Waals surface area contributed by atoms with Crippen molar-refractivity contribution in [3.8, 4) is 0 Å². The van der Waals surface area contributed by atoms with Gasteiger partial charge in [-0.05, 0) is 12.0 Å². The van der Waals surface area contributed by atoms with Crippen LogP contribution in [0.3, 0.4) is 0 Å². The Morgan fingerprint density at radius 3 is 2.50 bits per heavy atom. The van der Waals surface area contributed by atoms with Crippen molar-refractivity contribution < 1.29 is 14.9 Å². The van der Waals surface area contributed by atoms with Crippen molar-refractivity contribution in [3.63, 3.8) is 0 Å². The molecule has 0 saturated heterocycles. The second-order valence-electron chi connectivity index (χ2n) is 5.66. The van der Waals surface area contributed by atoms with Crippen LogP contribution >= 0.6 is 0 Å². The van der Waals surface area contributed by atoms with Crippen LogP contribution in [0.25, 0.3) is 0 Å². The Hall–Kier alpha value is -0.900. The summed E-state index contributed by atoms with van der Waals surface area (Å²) in [5, 5.41) is 19.1. The lowest BCUT2D eigenvalue weighted by molar-refractivity contribution is -0.231. The molecule has 1 aromatic carbocycles. The minimum absolute atomic E-state index is 0.0138. The number of benzene rings is 1. The first kappa shape index (κ1) is 13.5. The number of hydrogen-bond acceptors (Lipinski definition) is 3. The fraction of sp³-hybridized carbons (Fsp3) is 0.600. The zero-order valence-corrected chi connectivity index (χ0v) is 11.0. The summed E-state index contributed by atoms with van der Waals surface area (Å²) < 4.78 is 5.94. The molecule has 0 amide bonds. The third-order valence-corrected chi connectivity index (χ3v) is 4.02. The van der Waals surface area contributed by atoms with Crippen LogP contribution in [0.2, 0.25) is 0 Å². The van der Waals surface area contributed by atoms with Crippen molar-refractivity contribution in [2.45, 2.75) is 39.1 Å². The molecule has 1 aromatic rings. The van der Waals surface area contributed by atoms with Crippen molar-refractivity contribution in [3.05, 3.63) is 35.9 Å². The van der Waals surface area contributed by atoms with Gasteiger partial charge in [-0.2, -0.15) is 0 Å². The van der Waals surface area contributed by atoms with Crippen molar-refractivity contribution >= 4 is 0 Å². The summed E-state index contributed by atoms with van der Waals surface area (Å²) in [5.41, 5.74) is 0.909. The minimum Gasteiger partial charge on any atom is -0.396 e. The zero-order valence-electron chi connectivity index (χ0n) is 11.0. The lowest BCUT2D eigenvalue weighted by atomic mass is 9.58. The van der Waals surface area contributed by atoms with Crippen LogP contribution in [0.5, 0.6) is 0 Å². The Balaban J connectivity index is 1.95. The van der Waals surface area contributed by atoms with E-state index in [1.807, 2.05) is 44.2 Å². The summed E-state index contributed by atoms with van der Waals surface area (Å²) in [5.74, 6) is 0.0497. The molecule has 0 heterocycles. The molecule has 3 atom stereocenters. The molecule has 3 heteroatoms. The van der Waals surface area contributed by atoms with E-state index in [9.17, 15) is 5.11 Å². The topological polar surface area (TPSA) is 49.7 Å². The SMILES string of the molecule is CC1(C)[C@@H](O)[C@@H](CCO)[C@@H]1OCc1ccccc1. The Kier molecular flexibility index (Phi) is 4.05. The molecule has 18 heavy (non-hydrogen) atoms. The molecule has 2 rings (SSSR count). The van der Waals surface area contributed by atoms with E-state index in [-0.39, 0.29) is 30.1 Å². The highest BCUT2D eigenvalue weighted by Gasteiger charge is 2.56. The van der Waals surface area contributed by atoms with Crippen molar-refractivity contribution in [1.29, 1.82) is 0 Å². The molecular formula is C15H22O3. The highest BCUT2D eigenvalue weighted by Crippen LogP contribution is 2.49. The van der Waals surface area contributed by atoms with Gasteiger partial charge in [-0.3, -0.25) is 0 Å². The Bertz CT molecular complexity index is 375. The number of aliphatic hydroxyl groups excluding tert-OH is 2. The molecular weight excluding hydrogens is 228 g/mol. The quantitative estimate of drug-likeness (QED) is 0.840. The van der Waals surface area contributed by atoms with E-state index >= 15 is 0 Å². The summed E-state index contributed by atoms with van der Waals surface area (Å²) in [7, 11) is 0. The van der Waals surface area contributed by atoms with Crippen LogP contribution in [-0.4, -0.2) is 29.0 Å². The molecule has 1 aliphatic rings. The van der Waals surface area contributed by atoms with Crippen LogP contribution < -0.4 is 0 Å². The minimum atomic E-state index is -0.384. The summed E-state index contributed by atoms with van der Waals surface area (Å²) in [6, 6.07) is 10.0. The summed E-state index contributed by atoms with van der Waals surface area (Å²) in [6.45, 7) is 4.69. The van der Waals surface area contributed by atoms with Gasteiger partial charge in [0.15, 0.2) is 0 Å². The highest BCUT2D eigenvalue weighted by molar-refractivity contribution is 5.14. The molecule has 1 fully saturated rings. The van der Waals surface area contributed by atoms with Gasteiger partial charge in [0, 0.05) is 17.9 Å². The maximum Gasteiger partial charge on any atom is 0.0721 e. The van der Waals surface area contributed by atoms with E-state index in [0.717, 1.165) is 5.56 Å². The van der Waals surface area contributed by atoms with E-state index in [2.05, 4.69) is 0 Å². The number of aliphatic hydroxyl groups is 2. The van der Waals surface area contributed by atoms with E-state index in [1.54, 1.807) is 0 Å². The van der Waals surface area contributed by atoms with Crippen molar-refractivity contribution in [1.82, 2.24) is 0 Å². The van der Waals surface area contributed by atoms with Crippen molar-refractivity contribution in [2.75, 3.05) is 6.61 Å². The summed E-state index contributed by atoms with van der Waals surface area (Å²) in [6.07, 6.45) is 0.231. The van der Waals surface area contributed by atoms with Gasteiger partial charge in [0.05, 0.1) is 18.8 Å². The van der Waals surface area contributed by atoms with Gasteiger partial charge >= 0.3 is 0 Å². The van der Waals surface area contributed by atoms with Gasteiger partial charge in [-0.25, -0.2) is 0 Å². The van der Waals surface area contributed by atoms with E-state index in [0.29, 0.717) is 13.0 Å². The molecule has 100 valence electrons. The molecule has 0 bridgehead atoms. The first-order chi connectivity index (χ1) is 8.57. The average molecular weight is 250 g/mol. The Morgan fingerprint density at radius 2 is 1.89 bits per heavy atom. The highest BCUT2D eigenvalue weighted by atomic mass is 16.5. The molecule has 0 spiro atoms. The maximum absolute atomic E-state index is 10.0. The smallest absolute Gasteiger partial charge is 0.0721 e. The van der Waals surface area contributed by atoms with Crippen LogP contribution in [0, 0.1) is 11.3 Å². The lowest BCUT2D eigenvalue weighted by Crippen LogP contribution is -2.62. The average Bonchev–Trinajstić information content (AvgIpc) is 2.38. The molecule has 0 aromatic heterocycles. The molecule has 0 aliphatic heterocycles. The fourth-order valence-corrected chi connectivity index (χ4v) is 2.88. The van der Waals surface area contributed by atoms with Gasteiger partial charge in [0.25, 0.3) is 0 Å². The molecule has 0 radical (unpaired) electrons. The van der Waals surface area contributed by atoms with Crippen LogP contribution in [0.15, 0.2) is 30.3 Å². The van der Waals surface area contributed by atoms with Crippen LogP contribution in [0.4, 0.5) is 0 Å². The van der Waals surface area contributed by atoms with E-state index < -0.39 is 0 Å². The van der Waals surface area contributed by atoms with Gasteiger partial charge in [0.1, 0.15) is 0 Å².